The lowest BCUT2D eigenvalue weighted by Crippen LogP contribution is -2.43. The number of likely N-dealkylation sites (tertiary alicyclic amines) is 1. The summed E-state index contributed by atoms with van der Waals surface area (Å²) in [6.45, 7) is 0.191. The molecule has 1 fully saturated rings. The van der Waals surface area contributed by atoms with Gasteiger partial charge in [-0.25, -0.2) is 0 Å². The minimum atomic E-state index is -0.403. The van der Waals surface area contributed by atoms with E-state index in [1.165, 1.54) is 0 Å². The fourth-order valence-electron chi connectivity index (χ4n) is 3.32. The number of carbonyl (C=O) groups is 2. The van der Waals surface area contributed by atoms with Crippen molar-refractivity contribution in [2.45, 2.75) is 25.5 Å². The van der Waals surface area contributed by atoms with E-state index in [1.54, 1.807) is 29.9 Å². The van der Waals surface area contributed by atoms with Gasteiger partial charge in [0.05, 0.1) is 25.3 Å². The normalized spacial score (nSPS) is 20.1. The van der Waals surface area contributed by atoms with Gasteiger partial charge in [0.25, 0.3) is 0 Å². The van der Waals surface area contributed by atoms with E-state index in [1.807, 2.05) is 37.5 Å². The molecule has 1 amide bonds. The Kier molecular flexibility index (Phi) is 5.25. The van der Waals surface area contributed by atoms with Gasteiger partial charge in [-0.05, 0) is 24.1 Å². The Balaban J connectivity index is 1.72. The van der Waals surface area contributed by atoms with Crippen molar-refractivity contribution in [3.63, 3.8) is 0 Å². The van der Waals surface area contributed by atoms with Gasteiger partial charge in [0.2, 0.25) is 5.91 Å². The molecule has 0 aliphatic carbocycles. The van der Waals surface area contributed by atoms with Crippen molar-refractivity contribution >= 4 is 11.9 Å². The third-order valence-corrected chi connectivity index (χ3v) is 4.77. The summed E-state index contributed by atoms with van der Waals surface area (Å²) in [5, 5.41) is 4.17. The first-order valence-corrected chi connectivity index (χ1v) is 8.53. The highest BCUT2D eigenvalue weighted by Gasteiger charge is 2.40. The average molecular weight is 357 g/mol. The Labute approximate surface area is 152 Å². The van der Waals surface area contributed by atoms with E-state index >= 15 is 0 Å². The molecule has 1 aromatic heterocycles. The quantitative estimate of drug-likeness (QED) is 0.766. The van der Waals surface area contributed by atoms with Crippen molar-refractivity contribution in [3.8, 4) is 5.75 Å². The van der Waals surface area contributed by atoms with E-state index in [0.717, 1.165) is 16.9 Å². The van der Waals surface area contributed by atoms with Crippen molar-refractivity contribution in [2.24, 2.45) is 13.0 Å². The molecule has 138 valence electrons. The van der Waals surface area contributed by atoms with E-state index < -0.39 is 5.92 Å². The highest BCUT2D eigenvalue weighted by atomic mass is 16.5. The summed E-state index contributed by atoms with van der Waals surface area (Å²) in [6, 6.07) is 7.03. The number of benzene rings is 1. The van der Waals surface area contributed by atoms with Crippen LogP contribution in [0.15, 0.2) is 36.7 Å². The molecule has 1 aliphatic heterocycles. The van der Waals surface area contributed by atoms with E-state index in [9.17, 15) is 9.59 Å². The van der Waals surface area contributed by atoms with Crippen LogP contribution in [0.3, 0.4) is 0 Å². The third-order valence-electron chi connectivity index (χ3n) is 4.77. The third kappa shape index (κ3) is 3.71. The lowest BCUT2D eigenvalue weighted by Gasteiger charge is -2.37. The molecule has 2 aromatic rings. The van der Waals surface area contributed by atoms with Crippen LogP contribution in [-0.2, 0) is 28.0 Å². The second kappa shape index (κ2) is 7.59. The number of methoxy groups -OCH3 is 1. The number of carbonyl (C=O) groups excluding carboxylic acids is 2. The molecule has 0 saturated carbocycles. The molecule has 1 aliphatic rings. The summed E-state index contributed by atoms with van der Waals surface area (Å²) in [5.74, 6) is 0.0800. The number of aromatic nitrogens is 2. The van der Waals surface area contributed by atoms with E-state index in [2.05, 4.69) is 5.10 Å². The molecule has 3 rings (SSSR count). The molecule has 0 radical (unpaired) electrons. The zero-order chi connectivity index (χ0) is 18.7. The minimum absolute atomic E-state index is 0.0260. The minimum Gasteiger partial charge on any atom is -0.497 e. The van der Waals surface area contributed by atoms with Gasteiger partial charge in [-0.15, -0.1) is 0 Å². The molecule has 0 N–H and O–H groups in total. The van der Waals surface area contributed by atoms with Crippen LogP contribution in [-0.4, -0.2) is 40.7 Å². The van der Waals surface area contributed by atoms with Crippen molar-refractivity contribution in [2.75, 3.05) is 14.2 Å². The number of hydrogen-bond donors (Lipinski definition) is 0. The van der Waals surface area contributed by atoms with Crippen LogP contribution >= 0.6 is 0 Å². The van der Waals surface area contributed by atoms with Crippen molar-refractivity contribution in [1.29, 1.82) is 0 Å². The molecule has 2 heterocycles. The molecule has 0 spiro atoms. The Morgan fingerprint density at radius 3 is 2.62 bits per heavy atom. The number of rotatable bonds is 5. The Morgan fingerprint density at radius 2 is 2.00 bits per heavy atom. The van der Waals surface area contributed by atoms with Gasteiger partial charge in [-0.2, -0.15) is 5.10 Å². The second-order valence-corrected chi connectivity index (χ2v) is 6.50. The van der Waals surface area contributed by atoms with Crippen LogP contribution in [0.1, 0.15) is 30.0 Å². The summed E-state index contributed by atoms with van der Waals surface area (Å²) in [4.78, 5) is 26.5. The maximum Gasteiger partial charge on any atom is 0.311 e. The summed E-state index contributed by atoms with van der Waals surface area (Å²) in [7, 11) is 5.14. The van der Waals surface area contributed by atoms with Gasteiger partial charge >= 0.3 is 5.97 Å². The summed E-state index contributed by atoms with van der Waals surface area (Å²) < 4.78 is 12.3. The number of ether oxygens (including phenoxy) is 2. The number of amides is 1. The Morgan fingerprint density at radius 1 is 1.27 bits per heavy atom. The highest BCUT2D eigenvalue weighted by molar-refractivity contribution is 5.82. The molecular weight excluding hydrogens is 334 g/mol. The lowest BCUT2D eigenvalue weighted by atomic mass is 9.86. The molecule has 1 saturated heterocycles. The summed E-state index contributed by atoms with van der Waals surface area (Å²) in [6.07, 6.45) is 4.35. The smallest absolute Gasteiger partial charge is 0.311 e. The number of aryl methyl sites for hydroxylation is 1. The number of piperidine rings is 1. The molecule has 1 aromatic carbocycles. The second-order valence-electron chi connectivity index (χ2n) is 6.50. The molecule has 7 nitrogen and oxygen atoms in total. The van der Waals surface area contributed by atoms with Gasteiger partial charge in [0, 0.05) is 32.3 Å². The zero-order valence-corrected chi connectivity index (χ0v) is 15.2. The predicted octanol–water partition coefficient (Wildman–Crippen LogP) is 2.08. The van der Waals surface area contributed by atoms with Crippen LogP contribution < -0.4 is 4.74 Å². The average Bonchev–Trinajstić information content (AvgIpc) is 3.08. The van der Waals surface area contributed by atoms with Gasteiger partial charge in [0.1, 0.15) is 12.4 Å². The first-order chi connectivity index (χ1) is 12.5. The Bertz CT molecular complexity index is 784. The monoisotopic (exact) mass is 357 g/mol. The predicted molar refractivity (Wildman–Crippen MR) is 94.2 cm³/mol. The molecule has 2 unspecified atom stereocenters. The highest BCUT2D eigenvalue weighted by Crippen LogP contribution is 2.36. The van der Waals surface area contributed by atoms with Crippen LogP contribution in [0.25, 0.3) is 0 Å². The lowest BCUT2D eigenvalue weighted by molar-refractivity contribution is -0.157. The van der Waals surface area contributed by atoms with Gasteiger partial charge in [0.15, 0.2) is 0 Å². The van der Waals surface area contributed by atoms with E-state index in [4.69, 9.17) is 9.47 Å². The van der Waals surface area contributed by atoms with Crippen LogP contribution in [0.5, 0.6) is 5.75 Å². The fraction of sp³-hybridized carbons (Fsp3) is 0.421. The van der Waals surface area contributed by atoms with Gasteiger partial charge < -0.3 is 14.4 Å². The topological polar surface area (TPSA) is 73.7 Å². The molecule has 0 bridgehead atoms. The summed E-state index contributed by atoms with van der Waals surface area (Å²) >= 11 is 0. The van der Waals surface area contributed by atoms with Crippen molar-refractivity contribution < 1.29 is 19.1 Å². The van der Waals surface area contributed by atoms with E-state index in [-0.39, 0.29) is 24.5 Å². The zero-order valence-electron chi connectivity index (χ0n) is 15.2. The first kappa shape index (κ1) is 18.0. The molecule has 2 atom stereocenters. The van der Waals surface area contributed by atoms with E-state index in [0.29, 0.717) is 12.8 Å². The van der Waals surface area contributed by atoms with Crippen molar-refractivity contribution in [1.82, 2.24) is 14.7 Å². The standard InChI is InChI=1S/C19H23N3O4/c1-21-11-14(10-20-21)18-16(8-9-17(23)22(18)2)19(24)26-12-13-4-6-15(25-3)7-5-13/h4-7,10-11,16,18H,8-9,12H2,1-3H3. The van der Waals surface area contributed by atoms with Gasteiger partial charge in [-0.1, -0.05) is 12.1 Å². The van der Waals surface area contributed by atoms with Gasteiger partial charge in [-0.3, -0.25) is 14.3 Å². The molecule has 7 heteroatoms. The van der Waals surface area contributed by atoms with Crippen LogP contribution in [0.4, 0.5) is 0 Å². The van der Waals surface area contributed by atoms with Crippen molar-refractivity contribution in [3.05, 3.63) is 47.8 Å². The van der Waals surface area contributed by atoms with Crippen LogP contribution in [0, 0.1) is 5.92 Å². The number of nitrogens with zero attached hydrogens (tertiary/aromatic N) is 3. The number of hydrogen-bond acceptors (Lipinski definition) is 5. The molecule has 26 heavy (non-hydrogen) atoms. The fourth-order valence-corrected chi connectivity index (χ4v) is 3.32. The SMILES string of the molecule is COc1ccc(COC(=O)C2CCC(=O)N(C)C2c2cnn(C)c2)cc1. The Hall–Kier alpha value is -2.83. The largest absolute Gasteiger partial charge is 0.497 e. The van der Waals surface area contributed by atoms with Crippen LogP contribution in [0.2, 0.25) is 0 Å². The maximum absolute atomic E-state index is 12.7. The summed E-state index contributed by atoms with van der Waals surface area (Å²) in [5.41, 5.74) is 1.73. The first-order valence-electron chi connectivity index (χ1n) is 8.53. The molecular formula is C19H23N3O4. The maximum atomic E-state index is 12.7. The number of esters is 1.